The van der Waals surface area contributed by atoms with Crippen LogP contribution in [0.4, 0.5) is 8.78 Å². The highest BCUT2D eigenvalue weighted by atomic mass is 32.2. The van der Waals surface area contributed by atoms with Crippen LogP contribution in [-0.4, -0.2) is 18.1 Å². The van der Waals surface area contributed by atoms with Gasteiger partial charge in [0, 0.05) is 16.9 Å². The predicted molar refractivity (Wildman–Crippen MR) is 130 cm³/mol. The van der Waals surface area contributed by atoms with E-state index in [2.05, 4.69) is 56.6 Å². The van der Waals surface area contributed by atoms with Gasteiger partial charge in [0.25, 0.3) is 0 Å². The van der Waals surface area contributed by atoms with Gasteiger partial charge in [0.2, 0.25) is 0 Å². The fraction of sp³-hybridized carbons (Fsp3) is 0.556. The largest absolute Gasteiger partial charge is 0.307 e. The van der Waals surface area contributed by atoms with Gasteiger partial charge in [-0.1, -0.05) is 45.0 Å². The van der Waals surface area contributed by atoms with Crippen molar-refractivity contribution >= 4 is 11.8 Å². The van der Waals surface area contributed by atoms with Gasteiger partial charge in [-0.25, -0.2) is 8.78 Å². The summed E-state index contributed by atoms with van der Waals surface area (Å²) in [5.74, 6) is -0.979. The second kappa shape index (κ2) is 10.5. The quantitative estimate of drug-likeness (QED) is 0.426. The van der Waals surface area contributed by atoms with Crippen molar-refractivity contribution in [3.05, 3.63) is 70.8 Å². The molecule has 31 heavy (non-hydrogen) atoms. The van der Waals surface area contributed by atoms with Crippen LogP contribution in [0.15, 0.2) is 42.5 Å². The van der Waals surface area contributed by atoms with E-state index in [0.717, 1.165) is 49.1 Å². The van der Waals surface area contributed by atoms with Gasteiger partial charge in [-0.3, -0.25) is 0 Å². The Hall–Kier alpha value is -1.39. The van der Waals surface area contributed by atoms with Crippen LogP contribution in [0.25, 0.3) is 0 Å². The Balaban J connectivity index is 1.65. The molecule has 0 heterocycles. The SMILES string of the molecule is CSC1CCC(NCCCCc2cc(F)cc(F)c2)(c2cccc(C(C)(C)C)c2)CC1. The Bertz CT molecular complexity index is 830. The maximum absolute atomic E-state index is 13.4. The van der Waals surface area contributed by atoms with Crippen LogP contribution in [0.5, 0.6) is 0 Å². The summed E-state index contributed by atoms with van der Waals surface area (Å²) in [5, 5.41) is 4.68. The topological polar surface area (TPSA) is 12.0 Å². The van der Waals surface area contributed by atoms with Crippen molar-refractivity contribution in [3.8, 4) is 0 Å². The van der Waals surface area contributed by atoms with Gasteiger partial charge in [0.1, 0.15) is 11.6 Å². The van der Waals surface area contributed by atoms with E-state index in [9.17, 15) is 8.78 Å². The van der Waals surface area contributed by atoms with Crippen LogP contribution < -0.4 is 5.32 Å². The number of hydrogen-bond donors (Lipinski definition) is 1. The van der Waals surface area contributed by atoms with Gasteiger partial charge in [0.05, 0.1) is 0 Å². The van der Waals surface area contributed by atoms with Gasteiger partial charge in [-0.2, -0.15) is 11.8 Å². The van der Waals surface area contributed by atoms with Crippen molar-refractivity contribution in [1.82, 2.24) is 5.32 Å². The molecule has 0 radical (unpaired) electrons. The fourth-order valence-electron chi connectivity index (χ4n) is 4.71. The predicted octanol–water partition coefficient (Wildman–Crippen LogP) is 7.38. The third kappa shape index (κ3) is 6.55. The summed E-state index contributed by atoms with van der Waals surface area (Å²) in [6, 6.07) is 13.0. The summed E-state index contributed by atoms with van der Waals surface area (Å²) in [6.07, 6.45) is 9.61. The number of halogens is 2. The Morgan fingerprint density at radius 1 is 1.00 bits per heavy atom. The highest BCUT2D eigenvalue weighted by Crippen LogP contribution is 2.41. The van der Waals surface area contributed by atoms with Gasteiger partial charge in [0.15, 0.2) is 0 Å². The summed E-state index contributed by atoms with van der Waals surface area (Å²) in [6.45, 7) is 7.73. The molecule has 0 spiro atoms. The molecule has 0 amide bonds. The molecule has 0 saturated heterocycles. The number of thioether (sulfide) groups is 1. The van der Waals surface area contributed by atoms with Crippen LogP contribution >= 0.6 is 11.8 Å². The Kier molecular flexibility index (Phi) is 8.20. The normalized spacial score (nSPS) is 21.9. The number of nitrogens with one attached hydrogen (secondary N) is 1. The Labute approximate surface area is 191 Å². The summed E-state index contributed by atoms with van der Waals surface area (Å²) in [7, 11) is 0. The van der Waals surface area contributed by atoms with Crippen molar-refractivity contribution in [2.75, 3.05) is 12.8 Å². The number of hydrogen-bond acceptors (Lipinski definition) is 2. The van der Waals surface area contributed by atoms with E-state index >= 15 is 0 Å². The zero-order valence-electron chi connectivity index (χ0n) is 19.4. The number of aryl methyl sites for hydroxylation is 1. The molecule has 1 fully saturated rings. The molecule has 4 heteroatoms. The second-order valence-corrected chi connectivity index (χ2v) is 11.1. The van der Waals surface area contributed by atoms with Crippen LogP contribution in [0.1, 0.15) is 76.0 Å². The van der Waals surface area contributed by atoms with E-state index < -0.39 is 11.6 Å². The molecule has 0 atom stereocenters. The third-order valence-corrected chi connectivity index (χ3v) is 7.82. The zero-order valence-corrected chi connectivity index (χ0v) is 20.3. The van der Waals surface area contributed by atoms with E-state index in [4.69, 9.17) is 0 Å². The maximum Gasteiger partial charge on any atom is 0.126 e. The maximum atomic E-state index is 13.4. The molecule has 1 saturated carbocycles. The molecule has 1 aliphatic carbocycles. The summed E-state index contributed by atoms with van der Waals surface area (Å²) in [4.78, 5) is 0. The van der Waals surface area contributed by atoms with Crippen molar-refractivity contribution in [2.24, 2.45) is 0 Å². The molecule has 0 unspecified atom stereocenters. The molecule has 0 aliphatic heterocycles. The summed E-state index contributed by atoms with van der Waals surface area (Å²) < 4.78 is 26.8. The van der Waals surface area contributed by atoms with E-state index in [0.29, 0.717) is 6.42 Å². The molecular weight excluding hydrogens is 408 g/mol. The van der Waals surface area contributed by atoms with Gasteiger partial charge < -0.3 is 5.32 Å². The molecule has 2 aromatic rings. The standard InChI is InChI=1S/C27H37F2NS/c1-26(2,3)21-9-7-10-22(18-21)27(13-11-25(31-4)12-14-27)30-15-6-5-8-20-16-23(28)19-24(29)17-20/h7,9-10,16-19,25,30H,5-6,8,11-15H2,1-4H3. The van der Waals surface area contributed by atoms with E-state index in [1.54, 1.807) is 0 Å². The Morgan fingerprint density at radius 2 is 1.68 bits per heavy atom. The van der Waals surface area contributed by atoms with Gasteiger partial charge >= 0.3 is 0 Å². The monoisotopic (exact) mass is 445 g/mol. The molecule has 3 rings (SSSR count). The molecule has 1 aliphatic rings. The molecule has 170 valence electrons. The van der Waals surface area contributed by atoms with Crippen LogP contribution in [0.2, 0.25) is 0 Å². The lowest BCUT2D eigenvalue weighted by Gasteiger charge is -2.42. The third-order valence-electron chi connectivity index (χ3n) is 6.68. The first-order chi connectivity index (χ1) is 14.7. The summed E-state index contributed by atoms with van der Waals surface area (Å²) >= 11 is 1.99. The molecule has 0 aromatic heterocycles. The molecule has 1 nitrogen and oxygen atoms in total. The van der Waals surface area contributed by atoms with Crippen molar-refractivity contribution in [2.45, 2.75) is 81.9 Å². The van der Waals surface area contributed by atoms with Crippen molar-refractivity contribution in [1.29, 1.82) is 0 Å². The van der Waals surface area contributed by atoms with Gasteiger partial charge in [-0.15, -0.1) is 0 Å². The van der Waals surface area contributed by atoms with Crippen molar-refractivity contribution in [3.63, 3.8) is 0 Å². The van der Waals surface area contributed by atoms with Gasteiger partial charge in [-0.05, 0) is 92.0 Å². The first-order valence-corrected chi connectivity index (χ1v) is 12.8. The number of benzene rings is 2. The van der Waals surface area contributed by atoms with Crippen molar-refractivity contribution < 1.29 is 8.78 Å². The highest BCUT2D eigenvalue weighted by molar-refractivity contribution is 7.99. The minimum absolute atomic E-state index is 0.0262. The lowest BCUT2D eigenvalue weighted by atomic mass is 9.74. The highest BCUT2D eigenvalue weighted by Gasteiger charge is 2.36. The fourth-order valence-corrected chi connectivity index (χ4v) is 5.41. The second-order valence-electron chi connectivity index (χ2n) is 10.0. The van der Waals surface area contributed by atoms with Crippen LogP contribution in [0.3, 0.4) is 0 Å². The number of unbranched alkanes of at least 4 members (excludes halogenated alkanes) is 1. The first kappa shape index (κ1) is 24.3. The molecular formula is C27H37F2NS. The smallest absolute Gasteiger partial charge is 0.126 e. The molecule has 1 N–H and O–H groups in total. The lowest BCUT2D eigenvalue weighted by molar-refractivity contribution is 0.236. The average molecular weight is 446 g/mol. The Morgan fingerprint density at radius 3 is 2.29 bits per heavy atom. The first-order valence-electron chi connectivity index (χ1n) is 11.6. The van der Waals surface area contributed by atoms with Crippen LogP contribution in [0, 0.1) is 11.6 Å². The number of rotatable bonds is 8. The summed E-state index contributed by atoms with van der Waals surface area (Å²) in [5.41, 5.74) is 3.69. The molecule has 0 bridgehead atoms. The van der Waals surface area contributed by atoms with E-state index in [-0.39, 0.29) is 11.0 Å². The average Bonchev–Trinajstić information content (AvgIpc) is 2.73. The zero-order chi connectivity index (χ0) is 22.5. The molecule has 2 aromatic carbocycles. The lowest BCUT2D eigenvalue weighted by Crippen LogP contribution is -2.46. The van der Waals surface area contributed by atoms with E-state index in [1.165, 1.54) is 36.1 Å². The van der Waals surface area contributed by atoms with Crippen LogP contribution in [-0.2, 0) is 17.4 Å². The van der Waals surface area contributed by atoms with E-state index in [1.807, 2.05) is 11.8 Å². The minimum atomic E-state index is -0.489. The minimum Gasteiger partial charge on any atom is -0.307 e.